The number of nitrogens with zero attached hydrogens (tertiary/aromatic N) is 1. The minimum atomic E-state index is -3.60. The highest BCUT2D eigenvalue weighted by Gasteiger charge is 2.28. The Kier molecular flexibility index (Phi) is 9.21. The summed E-state index contributed by atoms with van der Waals surface area (Å²) >= 11 is 0. The van der Waals surface area contributed by atoms with Crippen LogP contribution in [0.5, 0.6) is 0 Å². The molecular weight excluding hydrogens is 386 g/mol. The van der Waals surface area contributed by atoms with Gasteiger partial charge in [0.2, 0.25) is 15.9 Å². The standard InChI is InChI=1S/C19H31N3O3S.ClH/c1-14(2)16-4-6-18(7-5-16)26(24,25)21-10-8-19(23)22-11-9-15(3)12-17(22)13-20;/h4-7,14-15,17,21H,8-13,20H2,1-3H3;1H. The molecule has 1 amide bonds. The number of halogens is 1. The molecule has 1 fully saturated rings. The maximum atomic E-state index is 12.5. The number of piperidine rings is 1. The van der Waals surface area contributed by atoms with Crippen LogP contribution < -0.4 is 10.5 Å². The highest BCUT2D eigenvalue weighted by molar-refractivity contribution is 7.89. The van der Waals surface area contributed by atoms with E-state index in [1.165, 1.54) is 0 Å². The summed E-state index contributed by atoms with van der Waals surface area (Å²) in [4.78, 5) is 14.5. The molecule has 1 heterocycles. The molecule has 2 rings (SSSR count). The molecule has 1 aromatic rings. The molecule has 0 aromatic heterocycles. The van der Waals surface area contributed by atoms with E-state index in [0.717, 1.165) is 18.4 Å². The fraction of sp³-hybridized carbons (Fsp3) is 0.632. The van der Waals surface area contributed by atoms with Crippen molar-refractivity contribution >= 4 is 28.3 Å². The summed E-state index contributed by atoms with van der Waals surface area (Å²) in [6.45, 7) is 7.53. The van der Waals surface area contributed by atoms with Crippen LogP contribution in [0.15, 0.2) is 29.2 Å². The maximum Gasteiger partial charge on any atom is 0.240 e. The zero-order valence-electron chi connectivity index (χ0n) is 16.3. The number of carbonyl (C=O) groups is 1. The lowest BCUT2D eigenvalue weighted by atomic mass is 9.92. The van der Waals surface area contributed by atoms with Crippen LogP contribution in [-0.2, 0) is 14.8 Å². The monoisotopic (exact) mass is 417 g/mol. The number of rotatable bonds is 7. The zero-order valence-corrected chi connectivity index (χ0v) is 18.0. The topological polar surface area (TPSA) is 92.5 Å². The van der Waals surface area contributed by atoms with E-state index < -0.39 is 10.0 Å². The van der Waals surface area contributed by atoms with Gasteiger partial charge in [-0.25, -0.2) is 13.1 Å². The minimum Gasteiger partial charge on any atom is -0.338 e. The van der Waals surface area contributed by atoms with Crippen molar-refractivity contribution in [2.24, 2.45) is 11.7 Å². The van der Waals surface area contributed by atoms with Gasteiger partial charge in [0.05, 0.1) is 4.90 Å². The van der Waals surface area contributed by atoms with Gasteiger partial charge in [0.25, 0.3) is 0 Å². The second kappa shape index (κ2) is 10.4. The molecule has 0 saturated carbocycles. The smallest absolute Gasteiger partial charge is 0.240 e. The van der Waals surface area contributed by atoms with E-state index in [9.17, 15) is 13.2 Å². The first-order valence-corrected chi connectivity index (χ1v) is 10.8. The second-order valence-corrected chi connectivity index (χ2v) is 9.24. The fourth-order valence-electron chi connectivity index (χ4n) is 3.35. The molecule has 1 saturated heterocycles. The van der Waals surface area contributed by atoms with Gasteiger partial charge >= 0.3 is 0 Å². The number of benzene rings is 1. The SMILES string of the molecule is CC1CCN(C(=O)CCNS(=O)(=O)c2ccc(C(C)C)cc2)C(CN)C1.Cl. The highest BCUT2D eigenvalue weighted by atomic mass is 35.5. The molecule has 8 heteroatoms. The van der Waals surface area contributed by atoms with Crippen molar-refractivity contribution in [3.63, 3.8) is 0 Å². The number of sulfonamides is 1. The molecule has 1 aromatic carbocycles. The average molecular weight is 418 g/mol. The first-order chi connectivity index (χ1) is 12.2. The van der Waals surface area contributed by atoms with Gasteiger partial charge in [-0.2, -0.15) is 0 Å². The Hall–Kier alpha value is -1.15. The molecule has 0 spiro atoms. The lowest BCUT2D eigenvalue weighted by molar-refractivity contribution is -0.135. The molecule has 154 valence electrons. The third-order valence-electron chi connectivity index (χ3n) is 5.06. The summed E-state index contributed by atoms with van der Waals surface area (Å²) in [5.74, 6) is 0.880. The summed E-state index contributed by atoms with van der Waals surface area (Å²) in [6, 6.07) is 6.92. The van der Waals surface area contributed by atoms with E-state index in [4.69, 9.17) is 5.73 Å². The van der Waals surface area contributed by atoms with Gasteiger partial charge in [-0.15, -0.1) is 12.4 Å². The first kappa shape index (κ1) is 23.9. The third kappa shape index (κ3) is 6.45. The number of carbonyl (C=O) groups excluding carboxylic acids is 1. The van der Waals surface area contributed by atoms with Gasteiger partial charge in [0, 0.05) is 32.1 Å². The fourth-order valence-corrected chi connectivity index (χ4v) is 4.39. The number of nitrogens with two attached hydrogens (primary N) is 1. The van der Waals surface area contributed by atoms with Gasteiger partial charge in [0.1, 0.15) is 0 Å². The Bertz CT molecular complexity index is 707. The molecule has 0 bridgehead atoms. The van der Waals surface area contributed by atoms with Gasteiger partial charge in [-0.1, -0.05) is 32.9 Å². The van der Waals surface area contributed by atoms with Gasteiger partial charge < -0.3 is 10.6 Å². The summed E-state index contributed by atoms with van der Waals surface area (Å²) in [6.07, 6.45) is 2.03. The molecule has 1 aliphatic rings. The highest BCUT2D eigenvalue weighted by Crippen LogP contribution is 2.22. The zero-order chi connectivity index (χ0) is 19.3. The predicted molar refractivity (Wildman–Crippen MR) is 111 cm³/mol. The molecule has 0 aliphatic carbocycles. The lowest BCUT2D eigenvalue weighted by Crippen LogP contribution is -2.49. The lowest BCUT2D eigenvalue weighted by Gasteiger charge is -2.38. The van der Waals surface area contributed by atoms with E-state index in [2.05, 4.69) is 25.5 Å². The Labute approximate surface area is 169 Å². The maximum absolute atomic E-state index is 12.5. The van der Waals surface area contributed by atoms with Gasteiger partial charge in [-0.3, -0.25) is 4.79 Å². The largest absolute Gasteiger partial charge is 0.338 e. The Morgan fingerprint density at radius 1 is 1.30 bits per heavy atom. The van der Waals surface area contributed by atoms with Crippen LogP contribution in [0.2, 0.25) is 0 Å². The van der Waals surface area contributed by atoms with Crippen LogP contribution in [-0.4, -0.2) is 44.9 Å². The number of nitrogens with one attached hydrogen (secondary N) is 1. The van der Waals surface area contributed by atoms with Crippen LogP contribution in [0.1, 0.15) is 51.5 Å². The summed E-state index contributed by atoms with van der Waals surface area (Å²) in [5.41, 5.74) is 6.88. The van der Waals surface area contributed by atoms with Crippen molar-refractivity contribution in [3.05, 3.63) is 29.8 Å². The van der Waals surface area contributed by atoms with E-state index in [1.54, 1.807) is 12.1 Å². The van der Waals surface area contributed by atoms with Gasteiger partial charge in [-0.05, 0) is 42.4 Å². The van der Waals surface area contributed by atoms with Crippen LogP contribution in [0.4, 0.5) is 0 Å². The molecular formula is C19H32ClN3O3S. The van der Waals surface area contributed by atoms with Crippen molar-refractivity contribution in [3.8, 4) is 0 Å². The molecule has 27 heavy (non-hydrogen) atoms. The summed E-state index contributed by atoms with van der Waals surface area (Å²) in [7, 11) is -3.60. The van der Waals surface area contributed by atoms with Crippen LogP contribution in [0, 0.1) is 5.92 Å². The predicted octanol–water partition coefficient (Wildman–Crippen LogP) is 2.49. The van der Waals surface area contributed by atoms with Crippen molar-refractivity contribution in [2.45, 2.75) is 56.9 Å². The molecule has 0 radical (unpaired) electrons. The van der Waals surface area contributed by atoms with Crippen molar-refractivity contribution in [1.29, 1.82) is 0 Å². The third-order valence-corrected chi connectivity index (χ3v) is 6.54. The Balaban J connectivity index is 0.00000364. The van der Waals surface area contributed by atoms with E-state index in [-0.39, 0.29) is 42.2 Å². The Morgan fingerprint density at radius 3 is 2.48 bits per heavy atom. The van der Waals surface area contributed by atoms with Crippen LogP contribution in [0.25, 0.3) is 0 Å². The molecule has 2 unspecified atom stereocenters. The molecule has 2 atom stereocenters. The van der Waals surface area contributed by atoms with E-state index in [1.807, 2.05) is 17.0 Å². The number of amides is 1. The summed E-state index contributed by atoms with van der Waals surface area (Å²) in [5, 5.41) is 0. The van der Waals surface area contributed by atoms with Crippen LogP contribution >= 0.6 is 12.4 Å². The molecule has 3 N–H and O–H groups in total. The summed E-state index contributed by atoms with van der Waals surface area (Å²) < 4.78 is 27.3. The molecule has 6 nitrogen and oxygen atoms in total. The minimum absolute atomic E-state index is 0. The normalized spacial score (nSPS) is 20.4. The van der Waals surface area contributed by atoms with Crippen molar-refractivity contribution in [2.75, 3.05) is 19.6 Å². The quantitative estimate of drug-likeness (QED) is 0.712. The number of likely N-dealkylation sites (tertiary alicyclic amines) is 1. The first-order valence-electron chi connectivity index (χ1n) is 9.33. The van der Waals surface area contributed by atoms with Crippen molar-refractivity contribution < 1.29 is 13.2 Å². The Morgan fingerprint density at radius 2 is 1.93 bits per heavy atom. The van der Waals surface area contributed by atoms with E-state index >= 15 is 0 Å². The van der Waals surface area contributed by atoms with Crippen molar-refractivity contribution in [1.82, 2.24) is 9.62 Å². The van der Waals surface area contributed by atoms with Gasteiger partial charge in [0.15, 0.2) is 0 Å². The average Bonchev–Trinajstić information content (AvgIpc) is 2.61. The van der Waals surface area contributed by atoms with E-state index in [0.29, 0.717) is 24.9 Å². The molecule has 1 aliphatic heterocycles. The number of hydrogen-bond donors (Lipinski definition) is 2. The van der Waals surface area contributed by atoms with Crippen LogP contribution in [0.3, 0.4) is 0 Å². The second-order valence-electron chi connectivity index (χ2n) is 7.48. The number of hydrogen-bond acceptors (Lipinski definition) is 4.